The van der Waals surface area contributed by atoms with E-state index in [-0.39, 0.29) is 18.2 Å². The highest BCUT2D eigenvalue weighted by atomic mass is 19.3. The van der Waals surface area contributed by atoms with E-state index in [2.05, 4.69) is 15.4 Å². The molecule has 0 aliphatic rings. The molecule has 6 heteroatoms. The molecule has 0 aliphatic carbocycles. The van der Waals surface area contributed by atoms with E-state index in [1.807, 2.05) is 31.2 Å². The summed E-state index contributed by atoms with van der Waals surface area (Å²) in [5, 5.41) is 5.65. The highest BCUT2D eigenvalue weighted by Crippen LogP contribution is 2.29. The average Bonchev–Trinajstić information content (AvgIpc) is 2.52. The molecule has 128 valence electrons. The van der Waals surface area contributed by atoms with Crippen LogP contribution >= 0.6 is 0 Å². The van der Waals surface area contributed by atoms with Crippen molar-refractivity contribution in [2.24, 2.45) is 0 Å². The van der Waals surface area contributed by atoms with Gasteiger partial charge in [0.05, 0.1) is 12.2 Å². The Bertz CT molecular complexity index is 705. The van der Waals surface area contributed by atoms with E-state index < -0.39 is 6.61 Å². The number of carbonyl (C=O) groups excluding carboxylic acids is 1. The van der Waals surface area contributed by atoms with Crippen molar-refractivity contribution >= 4 is 11.6 Å². The van der Waals surface area contributed by atoms with E-state index in [1.165, 1.54) is 6.07 Å². The maximum absolute atomic E-state index is 12.4. The van der Waals surface area contributed by atoms with E-state index in [0.717, 1.165) is 16.7 Å². The van der Waals surface area contributed by atoms with Crippen LogP contribution in [0.15, 0.2) is 42.5 Å². The summed E-state index contributed by atoms with van der Waals surface area (Å²) in [5.74, 6) is -0.209. The van der Waals surface area contributed by atoms with Crippen LogP contribution in [0.25, 0.3) is 0 Å². The minimum atomic E-state index is -2.91. The van der Waals surface area contributed by atoms with Crippen molar-refractivity contribution in [3.05, 3.63) is 59.2 Å². The first kappa shape index (κ1) is 17.7. The van der Waals surface area contributed by atoms with Gasteiger partial charge in [0.1, 0.15) is 5.75 Å². The van der Waals surface area contributed by atoms with Gasteiger partial charge in [-0.3, -0.25) is 4.79 Å². The van der Waals surface area contributed by atoms with Crippen LogP contribution in [0.2, 0.25) is 0 Å². The van der Waals surface area contributed by atoms with Gasteiger partial charge in [0.2, 0.25) is 5.91 Å². The van der Waals surface area contributed by atoms with Crippen LogP contribution in [-0.4, -0.2) is 19.1 Å². The summed E-state index contributed by atoms with van der Waals surface area (Å²) in [6.45, 7) is 1.20. The lowest BCUT2D eigenvalue weighted by Gasteiger charge is -2.15. The molecule has 0 saturated heterocycles. The summed E-state index contributed by atoms with van der Waals surface area (Å²) in [6, 6.07) is 12.6. The normalized spacial score (nSPS) is 10.5. The predicted octanol–water partition coefficient (Wildman–Crippen LogP) is 3.63. The van der Waals surface area contributed by atoms with E-state index in [0.29, 0.717) is 12.2 Å². The number of rotatable bonds is 7. The molecule has 2 N–H and O–H groups in total. The van der Waals surface area contributed by atoms with E-state index >= 15 is 0 Å². The summed E-state index contributed by atoms with van der Waals surface area (Å²) in [6.07, 6.45) is 0. The molecule has 0 atom stereocenters. The third-order valence-electron chi connectivity index (χ3n) is 3.45. The zero-order valence-electron chi connectivity index (χ0n) is 13.6. The topological polar surface area (TPSA) is 50.4 Å². The van der Waals surface area contributed by atoms with Gasteiger partial charge in [0.15, 0.2) is 0 Å². The van der Waals surface area contributed by atoms with Crippen LogP contribution in [0.3, 0.4) is 0 Å². The fourth-order valence-corrected chi connectivity index (χ4v) is 2.32. The standard InChI is InChI=1S/C18H20F2N2O2/c1-12-5-3-7-14(9-12)10-21-16(23)11-22-17-13(2)6-4-8-15(17)24-18(19)20/h3-9,18,22H,10-11H2,1-2H3,(H,21,23). The van der Waals surface area contributed by atoms with Gasteiger partial charge in [0, 0.05) is 6.54 Å². The number of halogens is 2. The number of benzene rings is 2. The number of amides is 1. The Balaban J connectivity index is 1.92. The van der Waals surface area contributed by atoms with Gasteiger partial charge in [0.25, 0.3) is 0 Å². The lowest BCUT2D eigenvalue weighted by Crippen LogP contribution is -2.29. The predicted molar refractivity (Wildman–Crippen MR) is 89.3 cm³/mol. The van der Waals surface area contributed by atoms with Crippen LogP contribution < -0.4 is 15.4 Å². The summed E-state index contributed by atoms with van der Waals surface area (Å²) in [5.41, 5.74) is 3.23. The molecule has 0 aliphatic heterocycles. The Morgan fingerprint density at radius 3 is 2.62 bits per heavy atom. The molecule has 0 heterocycles. The highest BCUT2D eigenvalue weighted by molar-refractivity contribution is 5.81. The van der Waals surface area contributed by atoms with Crippen LogP contribution in [0.1, 0.15) is 16.7 Å². The second-order valence-corrected chi connectivity index (χ2v) is 5.45. The summed E-state index contributed by atoms with van der Waals surface area (Å²) >= 11 is 0. The molecule has 0 fully saturated rings. The maximum Gasteiger partial charge on any atom is 0.387 e. The number of anilines is 1. The molecular formula is C18H20F2N2O2. The molecule has 2 rings (SSSR count). The first-order valence-corrected chi connectivity index (χ1v) is 7.56. The third kappa shape index (κ3) is 5.22. The van der Waals surface area contributed by atoms with Crippen molar-refractivity contribution in [1.82, 2.24) is 5.32 Å². The summed E-state index contributed by atoms with van der Waals surface area (Å²) in [4.78, 5) is 12.0. The van der Waals surface area contributed by atoms with Gasteiger partial charge in [-0.2, -0.15) is 8.78 Å². The zero-order valence-corrected chi connectivity index (χ0v) is 13.6. The highest BCUT2D eigenvalue weighted by Gasteiger charge is 2.12. The van der Waals surface area contributed by atoms with Crippen LogP contribution in [-0.2, 0) is 11.3 Å². The van der Waals surface area contributed by atoms with Crippen molar-refractivity contribution in [1.29, 1.82) is 0 Å². The van der Waals surface area contributed by atoms with Gasteiger partial charge in [-0.05, 0) is 31.0 Å². The van der Waals surface area contributed by atoms with Gasteiger partial charge in [-0.1, -0.05) is 42.0 Å². The molecule has 0 unspecified atom stereocenters. The number of aryl methyl sites for hydroxylation is 2. The van der Waals surface area contributed by atoms with Crippen molar-refractivity contribution < 1.29 is 18.3 Å². The first-order valence-electron chi connectivity index (χ1n) is 7.56. The molecule has 2 aromatic rings. The van der Waals surface area contributed by atoms with E-state index in [9.17, 15) is 13.6 Å². The third-order valence-corrected chi connectivity index (χ3v) is 3.45. The average molecular weight is 334 g/mol. The maximum atomic E-state index is 12.4. The molecule has 0 radical (unpaired) electrons. The Hall–Kier alpha value is -2.63. The fourth-order valence-electron chi connectivity index (χ4n) is 2.32. The Morgan fingerprint density at radius 2 is 1.92 bits per heavy atom. The summed E-state index contributed by atoms with van der Waals surface area (Å²) < 4.78 is 29.4. The molecule has 0 bridgehead atoms. The molecule has 1 amide bonds. The Labute approximate surface area is 139 Å². The molecule has 2 aromatic carbocycles. The number of nitrogens with one attached hydrogen (secondary N) is 2. The van der Waals surface area contributed by atoms with Crippen LogP contribution in [0.4, 0.5) is 14.5 Å². The number of carbonyl (C=O) groups is 1. The minimum absolute atomic E-state index is 0.0245. The Kier molecular flexibility index (Phi) is 6.12. The molecular weight excluding hydrogens is 314 g/mol. The van der Waals surface area contributed by atoms with Crippen LogP contribution in [0.5, 0.6) is 5.75 Å². The van der Waals surface area contributed by atoms with Gasteiger partial charge in [-0.15, -0.1) is 0 Å². The van der Waals surface area contributed by atoms with E-state index in [1.54, 1.807) is 19.1 Å². The quantitative estimate of drug-likeness (QED) is 0.813. The molecule has 0 spiro atoms. The number of hydrogen-bond acceptors (Lipinski definition) is 3. The second kappa shape index (κ2) is 8.29. The van der Waals surface area contributed by atoms with Gasteiger partial charge in [-0.25, -0.2) is 0 Å². The molecule has 24 heavy (non-hydrogen) atoms. The van der Waals surface area contributed by atoms with Crippen molar-refractivity contribution in [3.8, 4) is 5.75 Å². The van der Waals surface area contributed by atoms with Crippen molar-refractivity contribution in [2.75, 3.05) is 11.9 Å². The zero-order chi connectivity index (χ0) is 17.5. The minimum Gasteiger partial charge on any atom is -0.433 e. The van der Waals surface area contributed by atoms with Gasteiger partial charge < -0.3 is 15.4 Å². The molecule has 0 saturated carbocycles. The lowest BCUT2D eigenvalue weighted by atomic mass is 10.1. The van der Waals surface area contributed by atoms with Crippen molar-refractivity contribution in [3.63, 3.8) is 0 Å². The monoisotopic (exact) mass is 334 g/mol. The number of para-hydroxylation sites is 1. The van der Waals surface area contributed by atoms with Crippen LogP contribution in [0, 0.1) is 13.8 Å². The Morgan fingerprint density at radius 1 is 1.17 bits per heavy atom. The SMILES string of the molecule is Cc1cccc(CNC(=O)CNc2c(C)cccc2OC(F)F)c1. The number of ether oxygens (including phenoxy) is 1. The fraction of sp³-hybridized carbons (Fsp3) is 0.278. The summed E-state index contributed by atoms with van der Waals surface area (Å²) in [7, 11) is 0. The molecule has 4 nitrogen and oxygen atoms in total. The first-order chi connectivity index (χ1) is 11.5. The van der Waals surface area contributed by atoms with Gasteiger partial charge >= 0.3 is 6.61 Å². The number of alkyl halides is 2. The number of hydrogen-bond donors (Lipinski definition) is 2. The van der Waals surface area contributed by atoms with E-state index in [4.69, 9.17) is 0 Å². The lowest BCUT2D eigenvalue weighted by molar-refractivity contribution is -0.119. The largest absolute Gasteiger partial charge is 0.433 e. The second-order valence-electron chi connectivity index (χ2n) is 5.45. The molecule has 0 aromatic heterocycles. The smallest absolute Gasteiger partial charge is 0.387 e. The van der Waals surface area contributed by atoms with Crippen molar-refractivity contribution in [2.45, 2.75) is 27.0 Å².